The summed E-state index contributed by atoms with van der Waals surface area (Å²) >= 11 is 11.3. The second kappa shape index (κ2) is 4.81. The van der Waals surface area contributed by atoms with Crippen molar-refractivity contribution >= 4 is 29.2 Å². The first-order valence-electron chi connectivity index (χ1n) is 4.28. The van der Waals surface area contributed by atoms with Gasteiger partial charge in [-0.15, -0.1) is 0 Å². The van der Waals surface area contributed by atoms with E-state index in [1.165, 1.54) is 6.07 Å². The Balaban J connectivity index is 2.95. The smallest absolute Gasteiger partial charge is 0.306 e. The molecule has 1 aromatic rings. The average Bonchev–Trinajstić information content (AvgIpc) is 2.13. The van der Waals surface area contributed by atoms with Gasteiger partial charge in [-0.25, -0.2) is 4.39 Å². The van der Waals surface area contributed by atoms with Crippen molar-refractivity contribution in [2.75, 3.05) is 0 Å². The summed E-state index contributed by atoms with van der Waals surface area (Å²) in [6.45, 7) is 1.55. The highest BCUT2D eigenvalue weighted by molar-refractivity contribution is 6.33. The summed E-state index contributed by atoms with van der Waals surface area (Å²) in [4.78, 5) is 10.6. The van der Waals surface area contributed by atoms with Crippen LogP contribution in [0.25, 0.3) is 0 Å². The van der Waals surface area contributed by atoms with Crippen LogP contribution in [0.15, 0.2) is 12.1 Å². The topological polar surface area (TPSA) is 37.3 Å². The van der Waals surface area contributed by atoms with E-state index in [-0.39, 0.29) is 16.5 Å². The third-order valence-electron chi connectivity index (χ3n) is 2.04. The molecule has 0 saturated heterocycles. The monoisotopic (exact) mass is 250 g/mol. The number of carbonyl (C=O) groups is 1. The zero-order valence-corrected chi connectivity index (χ0v) is 9.44. The fourth-order valence-electron chi connectivity index (χ4n) is 1.14. The maximum absolute atomic E-state index is 12.9. The van der Waals surface area contributed by atoms with Crippen molar-refractivity contribution in [2.45, 2.75) is 13.3 Å². The lowest BCUT2D eigenvalue weighted by molar-refractivity contribution is -0.141. The van der Waals surface area contributed by atoms with Gasteiger partial charge in [-0.3, -0.25) is 4.79 Å². The number of halogens is 3. The van der Waals surface area contributed by atoms with Crippen LogP contribution in [-0.4, -0.2) is 11.1 Å². The number of carboxylic acids is 1. The summed E-state index contributed by atoms with van der Waals surface area (Å²) < 4.78 is 12.9. The summed E-state index contributed by atoms with van der Waals surface area (Å²) in [5, 5.41) is 8.86. The molecule has 0 spiro atoms. The zero-order valence-electron chi connectivity index (χ0n) is 7.93. The Morgan fingerprint density at radius 3 is 2.60 bits per heavy atom. The van der Waals surface area contributed by atoms with Crippen molar-refractivity contribution in [3.63, 3.8) is 0 Å². The minimum atomic E-state index is -0.925. The minimum absolute atomic E-state index is 0.0491. The van der Waals surface area contributed by atoms with Crippen molar-refractivity contribution in [2.24, 2.45) is 5.92 Å². The number of aliphatic carboxylic acids is 1. The molecule has 0 saturated carbocycles. The van der Waals surface area contributed by atoms with Gasteiger partial charge in [0.2, 0.25) is 0 Å². The molecule has 0 aromatic heterocycles. The molecule has 0 aliphatic heterocycles. The third-order valence-corrected chi connectivity index (χ3v) is 2.68. The Kier molecular flexibility index (Phi) is 3.94. The Morgan fingerprint density at radius 2 is 2.07 bits per heavy atom. The average molecular weight is 251 g/mol. The van der Waals surface area contributed by atoms with Gasteiger partial charge >= 0.3 is 5.97 Å². The van der Waals surface area contributed by atoms with Gasteiger partial charge in [0.25, 0.3) is 0 Å². The van der Waals surface area contributed by atoms with Crippen molar-refractivity contribution < 1.29 is 14.3 Å². The predicted octanol–water partition coefficient (Wildman–Crippen LogP) is 3.40. The van der Waals surface area contributed by atoms with Crippen LogP contribution in [0.1, 0.15) is 12.5 Å². The molecule has 0 fully saturated rings. The van der Waals surface area contributed by atoms with Crippen LogP contribution in [-0.2, 0) is 11.2 Å². The Labute approximate surface area is 96.6 Å². The van der Waals surface area contributed by atoms with Gasteiger partial charge in [0, 0.05) is 5.02 Å². The summed E-state index contributed by atoms with van der Waals surface area (Å²) in [7, 11) is 0. The van der Waals surface area contributed by atoms with Crippen molar-refractivity contribution in [3.05, 3.63) is 33.6 Å². The van der Waals surface area contributed by atoms with E-state index in [0.29, 0.717) is 5.56 Å². The number of carboxylic acid groups (broad SMARTS) is 1. The molecule has 5 heteroatoms. The SMILES string of the molecule is CC(Cc1cc(Cl)c(F)cc1Cl)C(=O)O. The highest BCUT2D eigenvalue weighted by Gasteiger charge is 2.15. The lowest BCUT2D eigenvalue weighted by atomic mass is 10.0. The van der Waals surface area contributed by atoms with Gasteiger partial charge in [0.05, 0.1) is 10.9 Å². The van der Waals surface area contributed by atoms with Crippen LogP contribution in [0.2, 0.25) is 10.0 Å². The van der Waals surface area contributed by atoms with Crippen LogP contribution in [0.3, 0.4) is 0 Å². The van der Waals surface area contributed by atoms with E-state index in [1.54, 1.807) is 6.92 Å². The molecule has 0 aliphatic carbocycles. The molecule has 1 atom stereocenters. The second-order valence-corrected chi connectivity index (χ2v) is 4.12. The van der Waals surface area contributed by atoms with E-state index in [9.17, 15) is 9.18 Å². The summed E-state index contributed by atoms with van der Waals surface area (Å²) in [5.74, 6) is -2.11. The minimum Gasteiger partial charge on any atom is -0.481 e. The van der Waals surface area contributed by atoms with Crippen LogP contribution in [0, 0.1) is 11.7 Å². The normalized spacial score (nSPS) is 12.5. The lowest BCUT2D eigenvalue weighted by Crippen LogP contribution is -2.12. The standard InChI is InChI=1S/C10H9Cl2FO2/c1-5(10(14)15)2-6-3-8(12)9(13)4-7(6)11/h3-5H,2H2,1H3,(H,14,15). The van der Waals surface area contributed by atoms with Crippen molar-refractivity contribution in [1.29, 1.82) is 0 Å². The molecule has 1 aromatic carbocycles. The van der Waals surface area contributed by atoms with Gasteiger partial charge in [0.1, 0.15) is 5.82 Å². The fourth-order valence-corrected chi connectivity index (χ4v) is 1.55. The van der Waals surface area contributed by atoms with E-state index in [1.807, 2.05) is 0 Å². The molecule has 0 amide bonds. The molecule has 82 valence electrons. The fraction of sp³-hybridized carbons (Fsp3) is 0.300. The first kappa shape index (κ1) is 12.3. The van der Waals surface area contributed by atoms with Crippen LogP contribution in [0.5, 0.6) is 0 Å². The van der Waals surface area contributed by atoms with Crippen LogP contribution >= 0.6 is 23.2 Å². The maximum atomic E-state index is 12.9. The number of rotatable bonds is 3. The van der Waals surface area contributed by atoms with Crippen molar-refractivity contribution in [1.82, 2.24) is 0 Å². The van der Waals surface area contributed by atoms with Crippen LogP contribution < -0.4 is 0 Å². The van der Waals surface area contributed by atoms with E-state index in [4.69, 9.17) is 28.3 Å². The summed E-state index contributed by atoms with van der Waals surface area (Å²) in [6.07, 6.45) is 0.230. The molecule has 0 bridgehead atoms. The Morgan fingerprint density at radius 1 is 1.47 bits per heavy atom. The first-order valence-corrected chi connectivity index (χ1v) is 5.03. The molecule has 0 aliphatic rings. The third kappa shape index (κ3) is 3.08. The molecular formula is C10H9Cl2FO2. The van der Waals surface area contributed by atoms with Gasteiger partial charge in [-0.1, -0.05) is 30.1 Å². The number of hydrogen-bond acceptors (Lipinski definition) is 1. The molecule has 1 rings (SSSR count). The van der Waals surface area contributed by atoms with Gasteiger partial charge < -0.3 is 5.11 Å². The quantitative estimate of drug-likeness (QED) is 0.836. The first-order chi connectivity index (χ1) is 6.91. The molecule has 15 heavy (non-hydrogen) atoms. The van der Waals surface area contributed by atoms with E-state index in [2.05, 4.69) is 0 Å². The molecule has 1 unspecified atom stereocenters. The van der Waals surface area contributed by atoms with Gasteiger partial charge in [0.15, 0.2) is 0 Å². The molecular weight excluding hydrogens is 242 g/mol. The van der Waals surface area contributed by atoms with Gasteiger partial charge in [-0.2, -0.15) is 0 Å². The van der Waals surface area contributed by atoms with E-state index in [0.717, 1.165) is 6.07 Å². The van der Waals surface area contributed by atoms with Gasteiger partial charge in [-0.05, 0) is 24.1 Å². The highest BCUT2D eigenvalue weighted by atomic mass is 35.5. The second-order valence-electron chi connectivity index (χ2n) is 3.30. The summed E-state index contributed by atoms with van der Waals surface area (Å²) in [6, 6.07) is 2.45. The Hall–Kier alpha value is -0.800. The summed E-state index contributed by atoms with van der Waals surface area (Å²) in [5.41, 5.74) is 0.540. The largest absolute Gasteiger partial charge is 0.481 e. The van der Waals surface area contributed by atoms with Crippen LogP contribution in [0.4, 0.5) is 4.39 Å². The van der Waals surface area contributed by atoms with E-state index >= 15 is 0 Å². The maximum Gasteiger partial charge on any atom is 0.306 e. The molecule has 1 N–H and O–H groups in total. The zero-order chi connectivity index (χ0) is 11.6. The van der Waals surface area contributed by atoms with E-state index < -0.39 is 17.7 Å². The number of benzene rings is 1. The molecule has 2 nitrogen and oxygen atoms in total. The predicted molar refractivity (Wildman–Crippen MR) is 56.9 cm³/mol. The van der Waals surface area contributed by atoms with Crippen molar-refractivity contribution in [3.8, 4) is 0 Å². The lowest BCUT2D eigenvalue weighted by Gasteiger charge is -2.08. The Bertz CT molecular complexity index is 393. The number of hydrogen-bond donors (Lipinski definition) is 1. The molecule has 0 radical (unpaired) electrons. The highest BCUT2D eigenvalue weighted by Crippen LogP contribution is 2.26. The molecule has 0 heterocycles.